The second kappa shape index (κ2) is 14.2. The van der Waals surface area contributed by atoms with Crippen LogP contribution in [0.4, 0.5) is 0 Å². The van der Waals surface area contributed by atoms with E-state index < -0.39 is 6.04 Å². The summed E-state index contributed by atoms with van der Waals surface area (Å²) < 4.78 is 0. The molecule has 41 heavy (non-hydrogen) atoms. The molecule has 1 aliphatic heterocycles. The summed E-state index contributed by atoms with van der Waals surface area (Å²) in [7, 11) is 0. The third-order valence-electron chi connectivity index (χ3n) is 7.52. The van der Waals surface area contributed by atoms with Crippen molar-refractivity contribution in [2.24, 2.45) is 11.7 Å². The first kappa shape index (κ1) is 30.2. The normalized spacial score (nSPS) is 15.6. The minimum Gasteiger partial charge on any atom is -0.341 e. The topological polar surface area (TPSA) is 116 Å². The van der Waals surface area contributed by atoms with Crippen molar-refractivity contribution < 1.29 is 4.79 Å². The van der Waals surface area contributed by atoms with Crippen LogP contribution in [0, 0.1) is 5.92 Å². The third kappa shape index (κ3) is 7.13. The van der Waals surface area contributed by atoms with E-state index in [1.54, 1.807) is 0 Å². The van der Waals surface area contributed by atoms with Gasteiger partial charge in [0.2, 0.25) is 5.91 Å². The fraction of sp³-hybridized carbons (Fsp3) is 0.424. The van der Waals surface area contributed by atoms with Crippen LogP contribution < -0.4 is 11.1 Å². The van der Waals surface area contributed by atoms with E-state index in [0.717, 1.165) is 84.2 Å². The SMILES string of the molecule is CC.CCCNCc1ncc(-c2ccc(-c3ccc(-c4cnc(C5CCCN5C(=O)C(N)C(C)C)[nH]4)cc3)cc2)[nH]1. The van der Waals surface area contributed by atoms with Gasteiger partial charge in [-0.1, -0.05) is 83.1 Å². The van der Waals surface area contributed by atoms with Gasteiger partial charge in [0, 0.05) is 6.54 Å². The second-order valence-electron chi connectivity index (χ2n) is 10.7. The second-order valence-corrected chi connectivity index (χ2v) is 10.7. The van der Waals surface area contributed by atoms with E-state index in [0.29, 0.717) is 0 Å². The monoisotopic (exact) mass is 555 g/mol. The number of hydrogen-bond donors (Lipinski definition) is 4. The number of hydrogen-bond acceptors (Lipinski definition) is 5. The summed E-state index contributed by atoms with van der Waals surface area (Å²) in [5.41, 5.74) is 12.6. The maximum Gasteiger partial charge on any atom is 0.240 e. The van der Waals surface area contributed by atoms with Crippen molar-refractivity contribution in [3.63, 3.8) is 0 Å². The van der Waals surface area contributed by atoms with E-state index in [2.05, 4.69) is 80.7 Å². The van der Waals surface area contributed by atoms with Crippen molar-refractivity contribution in [1.29, 1.82) is 0 Å². The molecule has 0 aliphatic carbocycles. The number of aromatic amines is 2. The van der Waals surface area contributed by atoms with E-state index >= 15 is 0 Å². The largest absolute Gasteiger partial charge is 0.341 e. The summed E-state index contributed by atoms with van der Waals surface area (Å²) in [6.07, 6.45) is 6.72. The number of carbonyl (C=O) groups is 1. The number of aromatic nitrogens is 4. The Bertz CT molecular complexity index is 1370. The first-order chi connectivity index (χ1) is 19.9. The van der Waals surface area contributed by atoms with Crippen molar-refractivity contribution in [2.45, 2.75) is 72.5 Å². The molecule has 5 N–H and O–H groups in total. The molecule has 8 heteroatoms. The third-order valence-corrected chi connectivity index (χ3v) is 7.52. The van der Waals surface area contributed by atoms with Gasteiger partial charge in [-0.2, -0.15) is 0 Å². The summed E-state index contributed by atoms with van der Waals surface area (Å²) in [6, 6.07) is 16.5. The Hall–Kier alpha value is -3.75. The lowest BCUT2D eigenvalue weighted by Gasteiger charge is -2.27. The van der Waals surface area contributed by atoms with Gasteiger partial charge >= 0.3 is 0 Å². The molecule has 2 aromatic carbocycles. The van der Waals surface area contributed by atoms with Gasteiger partial charge in [-0.3, -0.25) is 4.79 Å². The Morgan fingerprint density at radius 3 is 2.10 bits per heavy atom. The molecule has 1 saturated heterocycles. The average Bonchev–Trinajstić information content (AvgIpc) is 3.79. The Labute approximate surface area is 244 Å². The quantitative estimate of drug-likeness (QED) is 0.171. The van der Waals surface area contributed by atoms with E-state index in [-0.39, 0.29) is 17.9 Å². The number of H-pyrrole nitrogens is 2. The molecule has 0 radical (unpaired) electrons. The van der Waals surface area contributed by atoms with E-state index in [1.165, 1.54) is 0 Å². The number of nitrogens with two attached hydrogens (primary N) is 1. The summed E-state index contributed by atoms with van der Waals surface area (Å²) in [6.45, 7) is 12.6. The van der Waals surface area contributed by atoms with Crippen LogP contribution in [0.15, 0.2) is 60.9 Å². The lowest BCUT2D eigenvalue weighted by molar-refractivity contribution is -0.134. The first-order valence-electron chi connectivity index (χ1n) is 15.0. The predicted octanol–water partition coefficient (Wildman–Crippen LogP) is 6.31. The highest BCUT2D eigenvalue weighted by Crippen LogP contribution is 2.33. The van der Waals surface area contributed by atoms with Crippen molar-refractivity contribution in [2.75, 3.05) is 13.1 Å². The van der Waals surface area contributed by atoms with E-state index in [9.17, 15) is 4.79 Å². The zero-order chi connectivity index (χ0) is 29.4. The minimum atomic E-state index is -0.480. The van der Waals surface area contributed by atoms with Crippen LogP contribution >= 0.6 is 0 Å². The van der Waals surface area contributed by atoms with Crippen LogP contribution in [0.5, 0.6) is 0 Å². The zero-order valence-electron chi connectivity index (χ0n) is 25.1. The zero-order valence-corrected chi connectivity index (χ0v) is 25.1. The van der Waals surface area contributed by atoms with Gasteiger partial charge in [0.25, 0.3) is 0 Å². The predicted molar refractivity (Wildman–Crippen MR) is 167 cm³/mol. The molecule has 0 spiro atoms. The molecule has 2 aromatic heterocycles. The highest BCUT2D eigenvalue weighted by Gasteiger charge is 2.35. The number of likely N-dealkylation sites (tertiary alicyclic amines) is 1. The van der Waals surface area contributed by atoms with Crippen molar-refractivity contribution in [3.8, 4) is 33.6 Å². The maximum atomic E-state index is 12.9. The molecule has 3 heterocycles. The lowest BCUT2D eigenvalue weighted by Crippen LogP contribution is -2.46. The fourth-order valence-electron chi connectivity index (χ4n) is 5.11. The average molecular weight is 556 g/mol. The molecule has 1 fully saturated rings. The van der Waals surface area contributed by atoms with Gasteiger partial charge in [0.05, 0.1) is 42.4 Å². The number of imidazole rings is 2. The molecule has 1 amide bonds. The van der Waals surface area contributed by atoms with Gasteiger partial charge < -0.3 is 25.9 Å². The Morgan fingerprint density at radius 2 is 1.51 bits per heavy atom. The van der Waals surface area contributed by atoms with Crippen molar-refractivity contribution in [1.82, 2.24) is 30.2 Å². The maximum absolute atomic E-state index is 12.9. The Balaban J connectivity index is 0.00000189. The number of rotatable bonds is 10. The van der Waals surface area contributed by atoms with E-state index in [1.807, 2.05) is 45.0 Å². The standard InChI is InChI=1S/C31H39N7O.C2H6/c1-4-15-33-19-28-34-17-25(36-28)23-11-7-21(8-12-23)22-9-13-24(14-10-22)26-18-35-30(37-26)27-6-5-16-38(27)31(39)29(32)20(2)3;1-2/h7-14,17-18,20,27,29,33H,4-6,15-16,19,32H2,1-3H3,(H,34,36)(H,35,37);1-2H3. The molecule has 2 atom stereocenters. The van der Waals surface area contributed by atoms with Crippen molar-refractivity contribution >= 4 is 5.91 Å². The molecular formula is C33H45N7O. The van der Waals surface area contributed by atoms with Crippen LogP contribution in [0.2, 0.25) is 0 Å². The Morgan fingerprint density at radius 1 is 0.951 bits per heavy atom. The summed E-state index contributed by atoms with van der Waals surface area (Å²) in [5.74, 6) is 1.90. The number of amides is 1. The molecule has 0 saturated carbocycles. The van der Waals surface area contributed by atoms with Gasteiger partial charge in [0.1, 0.15) is 11.6 Å². The summed E-state index contributed by atoms with van der Waals surface area (Å²) >= 11 is 0. The number of nitrogens with one attached hydrogen (secondary N) is 3. The summed E-state index contributed by atoms with van der Waals surface area (Å²) in [4.78, 5) is 30.8. The fourth-order valence-corrected chi connectivity index (χ4v) is 5.11. The highest BCUT2D eigenvalue weighted by molar-refractivity contribution is 5.82. The summed E-state index contributed by atoms with van der Waals surface area (Å²) in [5, 5.41) is 3.37. The number of nitrogens with zero attached hydrogens (tertiary/aromatic N) is 3. The van der Waals surface area contributed by atoms with Gasteiger partial charge in [-0.15, -0.1) is 0 Å². The smallest absolute Gasteiger partial charge is 0.240 e. The molecule has 0 bridgehead atoms. The number of benzene rings is 2. The minimum absolute atomic E-state index is 0.0118. The molecule has 1 aliphatic rings. The molecule has 218 valence electrons. The molecule has 2 unspecified atom stereocenters. The number of carbonyl (C=O) groups excluding carboxylic acids is 1. The van der Waals surface area contributed by atoms with Crippen LogP contribution in [0.1, 0.15) is 71.6 Å². The van der Waals surface area contributed by atoms with Gasteiger partial charge in [0.15, 0.2) is 0 Å². The van der Waals surface area contributed by atoms with Crippen LogP contribution in [0.3, 0.4) is 0 Å². The lowest BCUT2D eigenvalue weighted by atomic mass is 10.0. The van der Waals surface area contributed by atoms with Crippen LogP contribution in [-0.4, -0.2) is 49.9 Å². The van der Waals surface area contributed by atoms with Gasteiger partial charge in [-0.25, -0.2) is 9.97 Å². The van der Waals surface area contributed by atoms with Crippen molar-refractivity contribution in [3.05, 3.63) is 72.6 Å². The molecule has 5 rings (SSSR count). The Kier molecular flexibility index (Phi) is 10.5. The van der Waals surface area contributed by atoms with E-state index in [4.69, 9.17) is 5.73 Å². The molecular weight excluding hydrogens is 510 g/mol. The first-order valence-corrected chi connectivity index (χ1v) is 15.0. The highest BCUT2D eigenvalue weighted by atomic mass is 16.2. The molecule has 4 aromatic rings. The molecule has 8 nitrogen and oxygen atoms in total. The van der Waals surface area contributed by atoms with Gasteiger partial charge in [-0.05, 0) is 54.0 Å². The van der Waals surface area contributed by atoms with Crippen LogP contribution in [-0.2, 0) is 11.3 Å². The van der Waals surface area contributed by atoms with Crippen LogP contribution in [0.25, 0.3) is 33.6 Å².